The van der Waals surface area contributed by atoms with Gasteiger partial charge in [0.25, 0.3) is 0 Å². The van der Waals surface area contributed by atoms with Crippen molar-refractivity contribution in [3.63, 3.8) is 0 Å². The fourth-order valence-corrected chi connectivity index (χ4v) is 1.33. The summed E-state index contributed by atoms with van der Waals surface area (Å²) >= 11 is 0. The molecule has 72 valence electrons. The summed E-state index contributed by atoms with van der Waals surface area (Å²) in [4.78, 5) is 32.9. The molecule has 5 heteroatoms. The highest BCUT2D eigenvalue weighted by Crippen LogP contribution is 2.21. The minimum atomic E-state index is -0.569. The number of esters is 1. The molecule has 1 unspecified atom stereocenters. The second kappa shape index (κ2) is 3.55. The maximum atomic E-state index is 11.1. The van der Waals surface area contributed by atoms with E-state index in [1.54, 1.807) is 6.92 Å². The van der Waals surface area contributed by atoms with Gasteiger partial charge < -0.3 is 4.74 Å². The van der Waals surface area contributed by atoms with E-state index in [1.165, 1.54) is 7.11 Å². The minimum absolute atomic E-state index is 0.0785. The van der Waals surface area contributed by atoms with E-state index in [2.05, 4.69) is 10.1 Å². The van der Waals surface area contributed by atoms with Crippen LogP contribution < -0.4 is 5.32 Å². The third kappa shape index (κ3) is 1.85. The average molecular weight is 185 g/mol. The molecule has 1 fully saturated rings. The summed E-state index contributed by atoms with van der Waals surface area (Å²) in [7, 11) is 1.26. The van der Waals surface area contributed by atoms with Crippen LogP contribution in [0.2, 0.25) is 0 Å². The van der Waals surface area contributed by atoms with E-state index >= 15 is 0 Å². The maximum absolute atomic E-state index is 11.1. The molecule has 0 aromatic rings. The molecule has 5 nitrogen and oxygen atoms in total. The summed E-state index contributed by atoms with van der Waals surface area (Å²) < 4.78 is 4.48. The standard InChI is InChI=1S/C8H11NO4/c1-4(8(12)13-2)5-3-6(10)9-7(5)11/h4-5H,3H2,1-2H3,(H,9,10,11)/t4?,5-/m0/s1. The maximum Gasteiger partial charge on any atom is 0.309 e. The van der Waals surface area contributed by atoms with Crippen LogP contribution in [0.25, 0.3) is 0 Å². The largest absolute Gasteiger partial charge is 0.469 e. The van der Waals surface area contributed by atoms with E-state index in [1.807, 2.05) is 0 Å². The first-order valence-electron chi connectivity index (χ1n) is 3.97. The summed E-state index contributed by atoms with van der Waals surface area (Å²) in [5, 5.41) is 2.14. The second-order valence-electron chi connectivity index (χ2n) is 3.03. The molecule has 1 aliphatic rings. The molecule has 0 radical (unpaired) electrons. The zero-order valence-electron chi connectivity index (χ0n) is 7.49. The smallest absolute Gasteiger partial charge is 0.309 e. The third-order valence-corrected chi connectivity index (χ3v) is 2.18. The zero-order chi connectivity index (χ0) is 10.0. The second-order valence-corrected chi connectivity index (χ2v) is 3.03. The predicted molar refractivity (Wildman–Crippen MR) is 42.4 cm³/mol. The van der Waals surface area contributed by atoms with Crippen LogP contribution in [0.1, 0.15) is 13.3 Å². The highest BCUT2D eigenvalue weighted by molar-refractivity contribution is 6.04. The molecule has 13 heavy (non-hydrogen) atoms. The molecule has 0 bridgehead atoms. The lowest BCUT2D eigenvalue weighted by atomic mass is 9.93. The first-order valence-corrected chi connectivity index (χ1v) is 3.97. The van der Waals surface area contributed by atoms with Crippen molar-refractivity contribution in [1.29, 1.82) is 0 Å². The fourth-order valence-electron chi connectivity index (χ4n) is 1.33. The van der Waals surface area contributed by atoms with Crippen molar-refractivity contribution in [2.24, 2.45) is 11.8 Å². The molecular formula is C8H11NO4. The Labute approximate surface area is 75.4 Å². The van der Waals surface area contributed by atoms with Crippen molar-refractivity contribution in [2.75, 3.05) is 7.11 Å². The van der Waals surface area contributed by atoms with Crippen molar-refractivity contribution in [3.05, 3.63) is 0 Å². The Bertz CT molecular complexity index is 261. The number of carbonyl (C=O) groups is 3. The number of nitrogens with one attached hydrogen (secondary N) is 1. The van der Waals surface area contributed by atoms with E-state index in [0.29, 0.717) is 0 Å². The number of hydrogen-bond acceptors (Lipinski definition) is 4. The number of imide groups is 1. The van der Waals surface area contributed by atoms with Crippen molar-refractivity contribution < 1.29 is 19.1 Å². The molecule has 1 heterocycles. The summed E-state index contributed by atoms with van der Waals surface area (Å²) in [5.41, 5.74) is 0. The SMILES string of the molecule is COC(=O)C(C)[C@@H]1CC(=O)NC1=O. The van der Waals surface area contributed by atoms with Crippen LogP contribution in [0.4, 0.5) is 0 Å². The zero-order valence-corrected chi connectivity index (χ0v) is 7.49. The van der Waals surface area contributed by atoms with E-state index in [0.717, 1.165) is 0 Å². The highest BCUT2D eigenvalue weighted by atomic mass is 16.5. The van der Waals surface area contributed by atoms with Crippen molar-refractivity contribution >= 4 is 17.8 Å². The van der Waals surface area contributed by atoms with E-state index in [9.17, 15) is 14.4 Å². The average Bonchev–Trinajstić information content (AvgIpc) is 2.42. The van der Waals surface area contributed by atoms with Crippen LogP contribution in [-0.2, 0) is 19.1 Å². The van der Waals surface area contributed by atoms with Gasteiger partial charge in [0, 0.05) is 6.42 Å². The van der Waals surface area contributed by atoms with Gasteiger partial charge in [-0.25, -0.2) is 0 Å². The molecule has 0 spiro atoms. The molecule has 0 aromatic heterocycles. The van der Waals surface area contributed by atoms with E-state index < -0.39 is 17.8 Å². The Morgan fingerprint density at radius 2 is 2.23 bits per heavy atom. The van der Waals surface area contributed by atoms with E-state index in [-0.39, 0.29) is 18.2 Å². The van der Waals surface area contributed by atoms with Crippen molar-refractivity contribution in [3.8, 4) is 0 Å². The first-order chi connectivity index (χ1) is 6.06. The topological polar surface area (TPSA) is 72.5 Å². The van der Waals surface area contributed by atoms with Crippen LogP contribution in [0.15, 0.2) is 0 Å². The monoisotopic (exact) mass is 185 g/mol. The normalized spacial score (nSPS) is 24.0. The van der Waals surface area contributed by atoms with Crippen LogP contribution in [0.3, 0.4) is 0 Å². The molecule has 0 saturated carbocycles. The lowest BCUT2D eigenvalue weighted by Crippen LogP contribution is -2.29. The van der Waals surface area contributed by atoms with Crippen LogP contribution in [-0.4, -0.2) is 24.9 Å². The molecule has 2 amide bonds. The van der Waals surface area contributed by atoms with Gasteiger partial charge >= 0.3 is 5.97 Å². The Morgan fingerprint density at radius 3 is 2.62 bits per heavy atom. The Hall–Kier alpha value is -1.39. The van der Waals surface area contributed by atoms with Gasteiger partial charge in [-0.05, 0) is 0 Å². The van der Waals surface area contributed by atoms with E-state index in [4.69, 9.17) is 0 Å². The molecule has 1 N–H and O–H groups in total. The first kappa shape index (κ1) is 9.70. The van der Waals surface area contributed by atoms with Crippen LogP contribution in [0.5, 0.6) is 0 Å². The fraction of sp³-hybridized carbons (Fsp3) is 0.625. The van der Waals surface area contributed by atoms with Gasteiger partial charge in [0.15, 0.2) is 0 Å². The molecule has 0 aromatic carbocycles. The molecule has 1 rings (SSSR count). The molecule has 1 aliphatic heterocycles. The highest BCUT2D eigenvalue weighted by Gasteiger charge is 2.38. The van der Waals surface area contributed by atoms with Crippen molar-refractivity contribution in [1.82, 2.24) is 5.32 Å². The minimum Gasteiger partial charge on any atom is -0.469 e. The van der Waals surface area contributed by atoms with Gasteiger partial charge in [-0.2, -0.15) is 0 Å². The summed E-state index contributed by atoms with van der Waals surface area (Å²) in [6, 6.07) is 0. The summed E-state index contributed by atoms with van der Waals surface area (Å²) in [6.07, 6.45) is 0.0785. The Balaban J connectivity index is 2.67. The van der Waals surface area contributed by atoms with Crippen LogP contribution >= 0.6 is 0 Å². The van der Waals surface area contributed by atoms with Crippen molar-refractivity contribution in [2.45, 2.75) is 13.3 Å². The quantitative estimate of drug-likeness (QED) is 0.463. The lowest BCUT2D eigenvalue weighted by Gasteiger charge is -2.12. The Kier molecular flexibility index (Phi) is 2.65. The summed E-state index contributed by atoms with van der Waals surface area (Å²) in [6.45, 7) is 1.58. The number of methoxy groups -OCH3 is 1. The number of rotatable bonds is 2. The molecule has 0 aliphatic carbocycles. The van der Waals surface area contributed by atoms with Gasteiger partial charge in [0.1, 0.15) is 0 Å². The number of hydrogen-bond donors (Lipinski definition) is 1. The number of ether oxygens (including phenoxy) is 1. The van der Waals surface area contributed by atoms with Gasteiger partial charge in [-0.15, -0.1) is 0 Å². The number of carbonyl (C=O) groups excluding carboxylic acids is 3. The van der Waals surface area contributed by atoms with Crippen LogP contribution in [0, 0.1) is 11.8 Å². The van der Waals surface area contributed by atoms with Gasteiger partial charge in [0.2, 0.25) is 11.8 Å². The lowest BCUT2D eigenvalue weighted by molar-refractivity contribution is -0.148. The van der Waals surface area contributed by atoms with Gasteiger partial charge in [0.05, 0.1) is 18.9 Å². The Morgan fingerprint density at radius 1 is 1.62 bits per heavy atom. The molecular weight excluding hydrogens is 174 g/mol. The molecule has 1 saturated heterocycles. The third-order valence-electron chi connectivity index (χ3n) is 2.18. The van der Waals surface area contributed by atoms with Gasteiger partial charge in [-0.1, -0.05) is 6.92 Å². The van der Waals surface area contributed by atoms with Gasteiger partial charge in [-0.3, -0.25) is 19.7 Å². The summed E-state index contributed by atoms with van der Waals surface area (Å²) in [5.74, 6) is -2.31. The molecule has 2 atom stereocenters. The predicted octanol–water partition coefficient (Wildman–Crippen LogP) is -0.542. The number of amides is 2.